The second kappa shape index (κ2) is 5.77. The van der Waals surface area contributed by atoms with Crippen molar-refractivity contribution in [3.63, 3.8) is 0 Å². The third-order valence-electron chi connectivity index (χ3n) is 3.03. The van der Waals surface area contributed by atoms with Gasteiger partial charge in [0.1, 0.15) is 0 Å². The molecule has 5 nitrogen and oxygen atoms in total. The normalized spacial score (nSPS) is 10.8. The Morgan fingerprint density at radius 3 is 2.70 bits per heavy atom. The van der Waals surface area contributed by atoms with Gasteiger partial charge in [-0.25, -0.2) is 0 Å². The highest BCUT2D eigenvalue weighted by Gasteiger charge is 2.22. The van der Waals surface area contributed by atoms with Gasteiger partial charge in [0.15, 0.2) is 0 Å². The average molecular weight is 273 g/mol. The summed E-state index contributed by atoms with van der Waals surface area (Å²) in [4.78, 5) is 14.2. The van der Waals surface area contributed by atoms with E-state index in [4.69, 9.17) is 10.3 Å². The molecule has 0 unspecified atom stereocenters. The Kier molecular flexibility index (Phi) is 4.08. The van der Waals surface area contributed by atoms with Crippen molar-refractivity contribution in [1.82, 2.24) is 10.1 Å². The van der Waals surface area contributed by atoms with Crippen molar-refractivity contribution in [2.24, 2.45) is 0 Å². The van der Waals surface area contributed by atoms with Crippen LogP contribution in [-0.2, 0) is 6.54 Å². The minimum absolute atomic E-state index is 0.0503. The van der Waals surface area contributed by atoms with E-state index in [9.17, 15) is 4.79 Å². The Bertz CT molecular complexity index is 605. The maximum atomic E-state index is 12.4. The van der Waals surface area contributed by atoms with Crippen LogP contribution in [0.5, 0.6) is 0 Å². The Hall–Kier alpha value is -2.30. The molecule has 0 fully saturated rings. The van der Waals surface area contributed by atoms with Gasteiger partial charge in [0, 0.05) is 24.3 Å². The van der Waals surface area contributed by atoms with Gasteiger partial charge in [-0.2, -0.15) is 0 Å². The van der Waals surface area contributed by atoms with Crippen molar-refractivity contribution in [1.29, 1.82) is 0 Å². The number of hydrogen-bond acceptors (Lipinski definition) is 4. The molecule has 20 heavy (non-hydrogen) atoms. The van der Waals surface area contributed by atoms with Crippen molar-refractivity contribution in [3.8, 4) is 0 Å². The lowest BCUT2D eigenvalue weighted by atomic mass is 10.1. The fourth-order valence-corrected chi connectivity index (χ4v) is 1.98. The number of nitrogen functional groups attached to an aromatic ring is 1. The lowest BCUT2D eigenvalue weighted by Crippen LogP contribution is -2.36. The molecule has 1 aromatic heterocycles. The second-order valence-electron chi connectivity index (χ2n) is 5.10. The molecule has 0 radical (unpaired) electrons. The molecule has 2 N–H and O–H groups in total. The minimum Gasteiger partial charge on any atom is -0.399 e. The molecule has 0 aliphatic rings. The molecular weight excluding hydrogens is 254 g/mol. The maximum Gasteiger partial charge on any atom is 0.293 e. The number of nitrogens with zero attached hydrogens (tertiary/aromatic N) is 2. The first-order valence-corrected chi connectivity index (χ1v) is 6.56. The number of anilines is 1. The van der Waals surface area contributed by atoms with E-state index in [1.165, 1.54) is 0 Å². The van der Waals surface area contributed by atoms with Gasteiger partial charge < -0.3 is 15.2 Å². The Morgan fingerprint density at radius 2 is 2.15 bits per heavy atom. The van der Waals surface area contributed by atoms with E-state index < -0.39 is 0 Å². The number of aryl methyl sites for hydroxylation is 1. The van der Waals surface area contributed by atoms with Gasteiger partial charge in [0.2, 0.25) is 5.76 Å². The third-order valence-corrected chi connectivity index (χ3v) is 3.03. The highest BCUT2D eigenvalue weighted by molar-refractivity contribution is 5.91. The van der Waals surface area contributed by atoms with Crippen LogP contribution in [0.2, 0.25) is 0 Å². The van der Waals surface area contributed by atoms with Crippen LogP contribution in [0.25, 0.3) is 0 Å². The molecule has 0 saturated heterocycles. The molecule has 106 valence electrons. The van der Waals surface area contributed by atoms with Crippen molar-refractivity contribution in [2.45, 2.75) is 33.4 Å². The first-order valence-electron chi connectivity index (χ1n) is 6.56. The first-order chi connectivity index (χ1) is 9.47. The quantitative estimate of drug-likeness (QED) is 0.869. The maximum absolute atomic E-state index is 12.4. The summed E-state index contributed by atoms with van der Waals surface area (Å²) < 4.78 is 5.05. The number of nitrogens with two attached hydrogens (primary N) is 1. The molecule has 0 spiro atoms. The van der Waals surface area contributed by atoms with Crippen LogP contribution in [-0.4, -0.2) is 22.0 Å². The number of rotatable bonds is 4. The van der Waals surface area contributed by atoms with Gasteiger partial charge >= 0.3 is 0 Å². The molecule has 1 heterocycles. The van der Waals surface area contributed by atoms with Gasteiger partial charge in [-0.3, -0.25) is 4.79 Å². The van der Waals surface area contributed by atoms with Gasteiger partial charge in [-0.15, -0.1) is 0 Å². The Morgan fingerprint density at radius 1 is 1.40 bits per heavy atom. The highest BCUT2D eigenvalue weighted by atomic mass is 16.5. The monoisotopic (exact) mass is 273 g/mol. The molecule has 0 aliphatic heterocycles. The molecule has 1 aromatic carbocycles. The summed E-state index contributed by atoms with van der Waals surface area (Å²) >= 11 is 0. The number of amides is 1. The third kappa shape index (κ3) is 3.17. The van der Waals surface area contributed by atoms with Gasteiger partial charge in [-0.1, -0.05) is 17.3 Å². The number of carbonyl (C=O) groups excluding carboxylic acids is 1. The average Bonchev–Trinajstić information content (AvgIpc) is 2.82. The minimum atomic E-state index is -0.164. The van der Waals surface area contributed by atoms with E-state index in [0.717, 1.165) is 5.56 Å². The lowest BCUT2D eigenvalue weighted by molar-refractivity contribution is 0.0647. The van der Waals surface area contributed by atoms with E-state index in [-0.39, 0.29) is 17.7 Å². The largest absolute Gasteiger partial charge is 0.399 e. The number of hydrogen-bond donors (Lipinski definition) is 1. The summed E-state index contributed by atoms with van der Waals surface area (Å²) in [5.41, 5.74) is 8.14. The Balaban J connectivity index is 2.21. The summed E-state index contributed by atoms with van der Waals surface area (Å²) in [6.07, 6.45) is 0. The molecule has 2 rings (SSSR count). The molecule has 0 aliphatic carbocycles. The predicted molar refractivity (Wildman–Crippen MR) is 77.1 cm³/mol. The zero-order chi connectivity index (χ0) is 14.7. The van der Waals surface area contributed by atoms with Crippen molar-refractivity contribution >= 4 is 11.6 Å². The van der Waals surface area contributed by atoms with Gasteiger partial charge in [0.05, 0.1) is 5.69 Å². The molecule has 5 heteroatoms. The summed E-state index contributed by atoms with van der Waals surface area (Å²) in [7, 11) is 0. The SMILES string of the molecule is Cc1cc(C(=O)N(Cc2cccc(N)c2)C(C)C)on1. The van der Waals surface area contributed by atoms with Crippen molar-refractivity contribution in [2.75, 3.05) is 5.73 Å². The summed E-state index contributed by atoms with van der Waals surface area (Å²) in [6.45, 7) is 6.21. The van der Waals surface area contributed by atoms with Gasteiger partial charge in [-0.05, 0) is 38.5 Å². The fraction of sp³-hybridized carbons (Fsp3) is 0.333. The molecule has 0 saturated carbocycles. The van der Waals surface area contributed by atoms with Crippen LogP contribution >= 0.6 is 0 Å². The second-order valence-corrected chi connectivity index (χ2v) is 5.10. The van der Waals surface area contributed by atoms with Crippen LogP contribution in [0.15, 0.2) is 34.9 Å². The number of aromatic nitrogens is 1. The fourth-order valence-electron chi connectivity index (χ4n) is 1.98. The van der Waals surface area contributed by atoms with E-state index >= 15 is 0 Å². The summed E-state index contributed by atoms with van der Waals surface area (Å²) in [5, 5.41) is 3.76. The van der Waals surface area contributed by atoms with Crippen molar-refractivity contribution < 1.29 is 9.32 Å². The highest BCUT2D eigenvalue weighted by Crippen LogP contribution is 2.15. The lowest BCUT2D eigenvalue weighted by Gasteiger charge is -2.25. The molecule has 0 bridgehead atoms. The zero-order valence-electron chi connectivity index (χ0n) is 12.0. The van der Waals surface area contributed by atoms with E-state index in [1.807, 2.05) is 38.1 Å². The van der Waals surface area contributed by atoms with Crippen LogP contribution in [0.4, 0.5) is 5.69 Å². The summed E-state index contributed by atoms with van der Waals surface area (Å²) in [6, 6.07) is 9.22. The van der Waals surface area contributed by atoms with Crippen molar-refractivity contribution in [3.05, 3.63) is 47.3 Å². The van der Waals surface area contributed by atoms with Crippen LogP contribution in [0.1, 0.15) is 35.7 Å². The standard InChI is InChI=1S/C15H19N3O2/c1-10(2)18(9-12-5-4-6-13(16)8-12)15(19)14-7-11(3)17-20-14/h4-8,10H,9,16H2,1-3H3. The predicted octanol–water partition coefficient (Wildman–Crippen LogP) is 2.62. The van der Waals surface area contributed by atoms with Gasteiger partial charge in [0.25, 0.3) is 5.91 Å². The zero-order valence-corrected chi connectivity index (χ0v) is 12.0. The topological polar surface area (TPSA) is 72.4 Å². The molecule has 0 atom stereocenters. The first kappa shape index (κ1) is 14.1. The van der Waals surface area contributed by atoms with Crippen LogP contribution in [0, 0.1) is 6.92 Å². The molecule has 2 aromatic rings. The van der Waals surface area contributed by atoms with Crippen LogP contribution in [0.3, 0.4) is 0 Å². The smallest absolute Gasteiger partial charge is 0.293 e. The van der Waals surface area contributed by atoms with Crippen LogP contribution < -0.4 is 5.73 Å². The molecular formula is C15H19N3O2. The number of benzene rings is 1. The van der Waals surface area contributed by atoms with E-state index in [2.05, 4.69) is 5.16 Å². The molecule has 1 amide bonds. The number of carbonyl (C=O) groups is 1. The van der Waals surface area contributed by atoms with E-state index in [0.29, 0.717) is 17.9 Å². The Labute approximate surface area is 118 Å². The van der Waals surface area contributed by atoms with E-state index in [1.54, 1.807) is 17.9 Å². The summed E-state index contributed by atoms with van der Waals surface area (Å²) in [5.74, 6) is 0.100.